The Labute approximate surface area is 211 Å². The molecule has 1 aromatic heterocycles. The van der Waals surface area contributed by atoms with Gasteiger partial charge in [0.25, 0.3) is 0 Å². The van der Waals surface area contributed by atoms with E-state index < -0.39 is 0 Å². The molecule has 0 unspecified atom stereocenters. The molecule has 35 heavy (non-hydrogen) atoms. The first-order valence-electron chi connectivity index (χ1n) is 12.0. The normalized spacial score (nSPS) is 17.8. The van der Waals surface area contributed by atoms with E-state index in [1.807, 2.05) is 17.6 Å². The van der Waals surface area contributed by atoms with Crippen molar-refractivity contribution in [1.29, 1.82) is 0 Å². The second kappa shape index (κ2) is 13.2. The molecule has 2 atom stereocenters. The smallest absolute Gasteiger partial charge is 0.244 e. The summed E-state index contributed by atoms with van der Waals surface area (Å²) in [5.74, 6) is 2.45. The van der Waals surface area contributed by atoms with E-state index in [1.165, 1.54) is 37.1 Å². The van der Waals surface area contributed by atoms with Crippen molar-refractivity contribution in [3.63, 3.8) is 0 Å². The van der Waals surface area contributed by atoms with E-state index in [2.05, 4.69) is 27.8 Å². The quantitative estimate of drug-likeness (QED) is 0.359. The van der Waals surface area contributed by atoms with E-state index in [9.17, 15) is 9.59 Å². The first-order valence-corrected chi connectivity index (χ1v) is 13.0. The highest BCUT2D eigenvalue weighted by Crippen LogP contribution is 2.28. The molecule has 0 spiro atoms. The summed E-state index contributed by atoms with van der Waals surface area (Å²) in [6, 6.07) is 5.69. The Hall–Kier alpha value is -3.01. The first-order chi connectivity index (χ1) is 16.9. The maximum absolute atomic E-state index is 12.4. The van der Waals surface area contributed by atoms with Gasteiger partial charge in [0.05, 0.1) is 26.5 Å². The van der Waals surface area contributed by atoms with Crippen molar-refractivity contribution in [2.75, 3.05) is 20.0 Å². The minimum atomic E-state index is -0.249. The number of methoxy groups -OCH3 is 2. The Bertz CT molecular complexity index is 1040. The molecule has 2 amide bonds. The van der Waals surface area contributed by atoms with Crippen LogP contribution < -0.4 is 20.1 Å². The number of aromatic nitrogens is 3. The van der Waals surface area contributed by atoms with Crippen LogP contribution in [0.15, 0.2) is 29.4 Å². The van der Waals surface area contributed by atoms with E-state index in [-0.39, 0.29) is 24.4 Å². The Morgan fingerprint density at radius 2 is 1.94 bits per heavy atom. The third kappa shape index (κ3) is 7.48. The largest absolute Gasteiger partial charge is 0.493 e. The van der Waals surface area contributed by atoms with E-state index in [0.29, 0.717) is 40.7 Å². The van der Waals surface area contributed by atoms with Crippen LogP contribution in [0.25, 0.3) is 6.08 Å². The van der Waals surface area contributed by atoms with Gasteiger partial charge >= 0.3 is 0 Å². The lowest BCUT2D eigenvalue weighted by atomic mass is 9.86. The summed E-state index contributed by atoms with van der Waals surface area (Å²) >= 11 is 1.37. The second-order valence-electron chi connectivity index (χ2n) is 8.53. The van der Waals surface area contributed by atoms with E-state index >= 15 is 0 Å². The zero-order valence-corrected chi connectivity index (χ0v) is 21.7. The van der Waals surface area contributed by atoms with Crippen LogP contribution in [-0.2, 0) is 22.7 Å². The maximum atomic E-state index is 12.4. The molecule has 2 aromatic rings. The summed E-state index contributed by atoms with van der Waals surface area (Å²) in [5.41, 5.74) is 0.814. The summed E-state index contributed by atoms with van der Waals surface area (Å²) in [7, 11) is 3.14. The molecule has 3 rings (SSSR count). The molecule has 2 N–H and O–H groups in total. The van der Waals surface area contributed by atoms with Gasteiger partial charge in [0, 0.05) is 18.7 Å². The number of carbonyl (C=O) groups excluding carboxylic acids is 2. The molecule has 0 aliphatic heterocycles. The average Bonchev–Trinajstić information content (AvgIpc) is 3.27. The highest BCUT2D eigenvalue weighted by Gasteiger charge is 2.23. The van der Waals surface area contributed by atoms with Crippen molar-refractivity contribution in [1.82, 2.24) is 25.4 Å². The van der Waals surface area contributed by atoms with Crippen molar-refractivity contribution >= 4 is 29.7 Å². The lowest BCUT2D eigenvalue weighted by Crippen LogP contribution is -2.41. The summed E-state index contributed by atoms with van der Waals surface area (Å²) in [6.07, 6.45) is 7.79. The number of nitrogens with one attached hydrogen (secondary N) is 2. The zero-order chi connectivity index (χ0) is 25.2. The van der Waals surface area contributed by atoms with Gasteiger partial charge in [-0.2, -0.15) is 0 Å². The van der Waals surface area contributed by atoms with Crippen molar-refractivity contribution < 1.29 is 19.1 Å². The number of thioether (sulfide) groups is 1. The molecule has 1 fully saturated rings. The molecule has 1 aliphatic carbocycles. The van der Waals surface area contributed by atoms with Crippen LogP contribution in [0, 0.1) is 5.92 Å². The molecule has 1 heterocycles. The van der Waals surface area contributed by atoms with Gasteiger partial charge in [-0.15, -0.1) is 10.2 Å². The van der Waals surface area contributed by atoms with Crippen LogP contribution in [0.5, 0.6) is 11.5 Å². The van der Waals surface area contributed by atoms with Gasteiger partial charge in [0.2, 0.25) is 11.8 Å². The van der Waals surface area contributed by atoms with Gasteiger partial charge < -0.3 is 24.7 Å². The molecule has 1 saturated carbocycles. The molecule has 0 bridgehead atoms. The van der Waals surface area contributed by atoms with E-state index in [4.69, 9.17) is 9.47 Å². The predicted molar refractivity (Wildman–Crippen MR) is 136 cm³/mol. The van der Waals surface area contributed by atoms with Crippen LogP contribution >= 0.6 is 11.8 Å². The van der Waals surface area contributed by atoms with Gasteiger partial charge in [0.15, 0.2) is 22.5 Å². The molecule has 0 radical (unpaired) electrons. The molecule has 9 nitrogen and oxygen atoms in total. The van der Waals surface area contributed by atoms with Gasteiger partial charge in [-0.1, -0.05) is 37.6 Å². The summed E-state index contributed by atoms with van der Waals surface area (Å²) < 4.78 is 12.4. The van der Waals surface area contributed by atoms with E-state index in [1.54, 1.807) is 32.4 Å². The Kier molecular flexibility index (Phi) is 10.0. The molecule has 190 valence electrons. The number of nitrogens with zero attached hydrogens (tertiary/aromatic N) is 3. The lowest BCUT2D eigenvalue weighted by molar-refractivity contribution is -0.120. The minimum absolute atomic E-state index is 0.0227. The number of benzene rings is 1. The Balaban J connectivity index is 1.51. The van der Waals surface area contributed by atoms with Crippen molar-refractivity contribution in [2.24, 2.45) is 5.92 Å². The molecule has 10 heteroatoms. The van der Waals surface area contributed by atoms with Gasteiger partial charge in [-0.25, -0.2) is 0 Å². The first kappa shape index (κ1) is 26.6. The molecule has 0 saturated heterocycles. The van der Waals surface area contributed by atoms with Crippen LogP contribution in [-0.4, -0.2) is 52.6 Å². The highest BCUT2D eigenvalue weighted by molar-refractivity contribution is 7.99. The fourth-order valence-corrected chi connectivity index (χ4v) is 4.97. The Morgan fingerprint density at radius 3 is 2.66 bits per heavy atom. The minimum Gasteiger partial charge on any atom is -0.493 e. The third-order valence-corrected chi connectivity index (χ3v) is 7.12. The number of hydrogen-bond donors (Lipinski definition) is 2. The van der Waals surface area contributed by atoms with Crippen LogP contribution in [0.1, 0.15) is 50.9 Å². The summed E-state index contributed by atoms with van der Waals surface area (Å²) in [6.45, 7) is 5.07. The third-order valence-electron chi connectivity index (χ3n) is 6.16. The van der Waals surface area contributed by atoms with Gasteiger partial charge in [0.1, 0.15) is 0 Å². The van der Waals surface area contributed by atoms with Gasteiger partial charge in [-0.05, 0) is 49.5 Å². The summed E-state index contributed by atoms with van der Waals surface area (Å²) in [5, 5.41) is 15.1. The van der Waals surface area contributed by atoms with Crippen LogP contribution in [0.2, 0.25) is 0 Å². The fourth-order valence-electron chi connectivity index (χ4n) is 4.14. The topological polar surface area (TPSA) is 107 Å². The van der Waals surface area contributed by atoms with Gasteiger partial charge in [-0.3, -0.25) is 9.59 Å². The number of rotatable bonds is 11. The summed E-state index contributed by atoms with van der Waals surface area (Å²) in [4.78, 5) is 24.8. The molecular formula is C25H35N5O4S. The lowest BCUT2D eigenvalue weighted by Gasteiger charge is -2.29. The van der Waals surface area contributed by atoms with Crippen LogP contribution in [0.4, 0.5) is 0 Å². The number of amides is 2. The predicted octanol–water partition coefficient (Wildman–Crippen LogP) is 3.43. The second-order valence-corrected chi connectivity index (χ2v) is 9.48. The molecular weight excluding hydrogens is 466 g/mol. The monoisotopic (exact) mass is 501 g/mol. The number of hydrogen-bond acceptors (Lipinski definition) is 7. The maximum Gasteiger partial charge on any atom is 0.244 e. The van der Waals surface area contributed by atoms with Crippen molar-refractivity contribution in [3.05, 3.63) is 35.7 Å². The fraction of sp³-hybridized carbons (Fsp3) is 0.520. The Morgan fingerprint density at radius 1 is 1.17 bits per heavy atom. The van der Waals surface area contributed by atoms with Crippen LogP contribution in [0.3, 0.4) is 0 Å². The molecule has 1 aliphatic rings. The number of ether oxygens (including phenoxy) is 2. The SMILES string of the molecule is CCn1c(CNC(=O)/C=C/c2ccc(OC)c(OC)c2)nnc1SCC(=O)N[C@@H]1CCCC[C@H]1C. The van der Waals surface area contributed by atoms with Crippen molar-refractivity contribution in [2.45, 2.75) is 63.8 Å². The van der Waals surface area contributed by atoms with E-state index in [0.717, 1.165) is 12.0 Å². The highest BCUT2D eigenvalue weighted by atomic mass is 32.2. The standard InChI is InChI=1S/C25H35N5O4S/c1-5-30-22(15-26-23(31)13-11-18-10-12-20(33-3)21(14-18)34-4)28-29-25(30)35-16-24(32)27-19-9-7-6-8-17(19)2/h10-14,17,19H,5-9,15-16H2,1-4H3,(H,26,31)(H,27,32)/b13-11+/t17-,19-/m1/s1. The van der Waals surface area contributed by atoms with Crippen molar-refractivity contribution in [3.8, 4) is 11.5 Å². The zero-order valence-electron chi connectivity index (χ0n) is 20.9. The molecule has 1 aromatic carbocycles. The average molecular weight is 502 g/mol. The number of carbonyl (C=O) groups is 2.